The molecule has 4 nitrogen and oxygen atoms in total. The topological polar surface area (TPSA) is 39.7 Å². The highest BCUT2D eigenvalue weighted by atomic mass is 79.9. The van der Waals surface area contributed by atoms with Gasteiger partial charge in [0.25, 0.3) is 0 Å². The number of nitrogens with one attached hydrogen (secondary N) is 1. The Balaban J connectivity index is 1.77. The van der Waals surface area contributed by atoms with Crippen LogP contribution in [0.3, 0.4) is 0 Å². The second-order valence-corrected chi connectivity index (χ2v) is 8.13. The van der Waals surface area contributed by atoms with Crippen molar-refractivity contribution in [1.29, 1.82) is 0 Å². The number of fused-ring (bicyclic) bond motifs is 1. The average molecular weight is 398 g/mol. The Bertz CT molecular complexity index is 659. The molecule has 1 atom stereocenters. The van der Waals surface area contributed by atoms with Crippen molar-refractivity contribution in [2.75, 3.05) is 13.3 Å². The lowest BCUT2D eigenvalue weighted by Crippen LogP contribution is -2.25. The second-order valence-electron chi connectivity index (χ2n) is 5.64. The van der Waals surface area contributed by atoms with Gasteiger partial charge in [-0.2, -0.15) is 0 Å². The first-order valence-electron chi connectivity index (χ1n) is 7.67. The molecule has 0 fully saturated rings. The van der Waals surface area contributed by atoms with Gasteiger partial charge in [0.2, 0.25) is 12.5 Å². The van der Waals surface area contributed by atoms with Gasteiger partial charge in [-0.05, 0) is 46.7 Å². The van der Waals surface area contributed by atoms with Crippen LogP contribution in [0, 0.1) is 0 Å². The zero-order valence-electron chi connectivity index (χ0n) is 13.2. The second kappa shape index (κ2) is 7.55. The molecular weight excluding hydrogens is 378 g/mol. The molecule has 1 aliphatic heterocycles. The van der Waals surface area contributed by atoms with Gasteiger partial charge >= 0.3 is 0 Å². The van der Waals surface area contributed by atoms with E-state index in [-0.39, 0.29) is 12.9 Å². The Kier molecular flexibility index (Phi) is 5.46. The SMILES string of the molecule is CC(C)NCC[C@H](Oc1cccc2c1OCO2)c1ccc(Br)s1. The van der Waals surface area contributed by atoms with E-state index >= 15 is 0 Å². The smallest absolute Gasteiger partial charge is 0.231 e. The number of halogens is 1. The highest BCUT2D eigenvalue weighted by Gasteiger charge is 2.22. The van der Waals surface area contributed by atoms with Crippen LogP contribution in [0.4, 0.5) is 0 Å². The summed E-state index contributed by atoms with van der Waals surface area (Å²) in [5.41, 5.74) is 0. The number of benzene rings is 1. The quantitative estimate of drug-likeness (QED) is 0.731. The molecule has 0 spiro atoms. The molecule has 23 heavy (non-hydrogen) atoms. The molecule has 0 amide bonds. The summed E-state index contributed by atoms with van der Waals surface area (Å²) in [6.07, 6.45) is 0.864. The van der Waals surface area contributed by atoms with Gasteiger partial charge in [-0.25, -0.2) is 0 Å². The van der Waals surface area contributed by atoms with Crippen molar-refractivity contribution in [2.24, 2.45) is 0 Å². The summed E-state index contributed by atoms with van der Waals surface area (Å²) in [5, 5.41) is 3.45. The van der Waals surface area contributed by atoms with Crippen molar-refractivity contribution >= 4 is 27.3 Å². The minimum atomic E-state index is -0.0201. The lowest BCUT2D eigenvalue weighted by atomic mass is 10.2. The van der Waals surface area contributed by atoms with Crippen LogP contribution in [-0.2, 0) is 0 Å². The van der Waals surface area contributed by atoms with Gasteiger partial charge in [0.1, 0.15) is 6.10 Å². The van der Waals surface area contributed by atoms with Crippen LogP contribution in [0.15, 0.2) is 34.1 Å². The van der Waals surface area contributed by atoms with E-state index < -0.39 is 0 Å². The molecule has 124 valence electrons. The highest BCUT2D eigenvalue weighted by Crippen LogP contribution is 2.43. The first-order valence-corrected chi connectivity index (χ1v) is 9.28. The van der Waals surface area contributed by atoms with E-state index in [1.54, 1.807) is 11.3 Å². The first-order chi connectivity index (χ1) is 11.1. The van der Waals surface area contributed by atoms with E-state index in [2.05, 4.69) is 47.2 Å². The molecular formula is C17H20BrNO3S. The Morgan fingerprint density at radius 2 is 2.13 bits per heavy atom. The van der Waals surface area contributed by atoms with Crippen LogP contribution in [0.25, 0.3) is 0 Å². The summed E-state index contributed by atoms with van der Waals surface area (Å²) in [5.74, 6) is 2.18. The van der Waals surface area contributed by atoms with E-state index in [4.69, 9.17) is 14.2 Å². The Hall–Kier alpha value is -1.24. The molecule has 0 unspecified atom stereocenters. The van der Waals surface area contributed by atoms with Crippen molar-refractivity contribution in [3.05, 3.63) is 39.0 Å². The molecule has 2 heterocycles. The molecule has 0 radical (unpaired) electrons. The number of hydrogen-bond donors (Lipinski definition) is 1. The fraction of sp³-hybridized carbons (Fsp3) is 0.412. The van der Waals surface area contributed by atoms with Crippen molar-refractivity contribution in [1.82, 2.24) is 5.32 Å². The molecule has 1 aromatic heterocycles. The van der Waals surface area contributed by atoms with Crippen LogP contribution < -0.4 is 19.5 Å². The number of thiophene rings is 1. The van der Waals surface area contributed by atoms with E-state index in [9.17, 15) is 0 Å². The molecule has 1 aliphatic rings. The fourth-order valence-corrected chi connectivity index (χ4v) is 3.90. The van der Waals surface area contributed by atoms with E-state index in [1.807, 2.05) is 18.2 Å². The molecule has 2 aromatic rings. The van der Waals surface area contributed by atoms with Crippen molar-refractivity contribution in [3.63, 3.8) is 0 Å². The minimum absolute atomic E-state index is 0.0201. The van der Waals surface area contributed by atoms with Crippen LogP contribution in [0.5, 0.6) is 17.2 Å². The van der Waals surface area contributed by atoms with Gasteiger partial charge in [0.15, 0.2) is 11.5 Å². The molecule has 0 saturated heterocycles. The zero-order chi connectivity index (χ0) is 16.2. The summed E-state index contributed by atoms with van der Waals surface area (Å²) >= 11 is 5.23. The van der Waals surface area contributed by atoms with Gasteiger partial charge in [0.05, 0.1) is 3.79 Å². The third-order valence-electron chi connectivity index (χ3n) is 3.50. The Morgan fingerprint density at radius 1 is 1.26 bits per heavy atom. The zero-order valence-corrected chi connectivity index (χ0v) is 15.6. The van der Waals surface area contributed by atoms with E-state index in [0.29, 0.717) is 11.8 Å². The standard InChI is InChI=1S/C17H20BrNO3S/c1-11(2)19-9-8-12(15-6-7-16(18)23-15)22-14-5-3-4-13-17(14)21-10-20-13/h3-7,11-12,19H,8-10H2,1-2H3/t12-/m0/s1. The third-order valence-corrected chi connectivity index (χ3v) is 5.22. The van der Waals surface area contributed by atoms with Crippen molar-refractivity contribution in [2.45, 2.75) is 32.4 Å². The van der Waals surface area contributed by atoms with Gasteiger partial charge in [-0.15, -0.1) is 11.3 Å². The van der Waals surface area contributed by atoms with Gasteiger partial charge in [-0.3, -0.25) is 0 Å². The summed E-state index contributed by atoms with van der Waals surface area (Å²) in [4.78, 5) is 1.19. The molecule has 0 bridgehead atoms. The molecule has 3 rings (SSSR count). The number of ether oxygens (including phenoxy) is 3. The Labute approximate surface area is 148 Å². The highest BCUT2D eigenvalue weighted by molar-refractivity contribution is 9.11. The molecule has 0 aliphatic carbocycles. The van der Waals surface area contributed by atoms with Crippen LogP contribution in [0.1, 0.15) is 31.2 Å². The molecule has 1 N–H and O–H groups in total. The van der Waals surface area contributed by atoms with Gasteiger partial charge in [0, 0.05) is 17.3 Å². The summed E-state index contributed by atoms with van der Waals surface area (Å²) in [6, 6.07) is 10.4. The summed E-state index contributed by atoms with van der Waals surface area (Å²) in [6.45, 7) is 5.43. The van der Waals surface area contributed by atoms with E-state index in [0.717, 1.165) is 28.3 Å². The molecule has 1 aromatic carbocycles. The number of para-hydroxylation sites is 1. The summed E-state index contributed by atoms with van der Waals surface area (Å²) in [7, 11) is 0. The van der Waals surface area contributed by atoms with Gasteiger partial charge in [-0.1, -0.05) is 19.9 Å². The third kappa shape index (κ3) is 4.19. The minimum Gasteiger partial charge on any atom is -0.481 e. The maximum absolute atomic E-state index is 6.28. The predicted octanol–water partition coefficient (Wildman–Crippen LogP) is 4.75. The average Bonchev–Trinajstić information content (AvgIpc) is 3.15. The number of hydrogen-bond acceptors (Lipinski definition) is 5. The molecule has 6 heteroatoms. The fourth-order valence-electron chi connectivity index (χ4n) is 2.41. The maximum Gasteiger partial charge on any atom is 0.231 e. The largest absolute Gasteiger partial charge is 0.481 e. The summed E-state index contributed by atoms with van der Waals surface area (Å²) < 4.78 is 18.4. The number of rotatable bonds is 7. The van der Waals surface area contributed by atoms with Crippen molar-refractivity contribution < 1.29 is 14.2 Å². The maximum atomic E-state index is 6.28. The predicted molar refractivity (Wildman–Crippen MR) is 95.7 cm³/mol. The van der Waals surface area contributed by atoms with Crippen LogP contribution in [0.2, 0.25) is 0 Å². The van der Waals surface area contributed by atoms with Crippen LogP contribution in [-0.4, -0.2) is 19.4 Å². The Morgan fingerprint density at radius 3 is 2.87 bits per heavy atom. The van der Waals surface area contributed by atoms with Crippen LogP contribution >= 0.6 is 27.3 Å². The monoisotopic (exact) mass is 397 g/mol. The van der Waals surface area contributed by atoms with Gasteiger partial charge < -0.3 is 19.5 Å². The molecule has 0 saturated carbocycles. The van der Waals surface area contributed by atoms with Crippen molar-refractivity contribution in [3.8, 4) is 17.2 Å². The lowest BCUT2D eigenvalue weighted by molar-refractivity contribution is 0.158. The lowest BCUT2D eigenvalue weighted by Gasteiger charge is -2.20. The normalized spacial score (nSPS) is 14.3. The first kappa shape index (κ1) is 16.6. The van der Waals surface area contributed by atoms with E-state index in [1.165, 1.54) is 4.88 Å².